The molecule has 0 aromatic rings. The van der Waals surface area contributed by atoms with Gasteiger partial charge in [-0.05, 0) is 14.1 Å². The first kappa shape index (κ1) is 28.6. The van der Waals surface area contributed by atoms with Crippen molar-refractivity contribution < 1.29 is 77.2 Å². The molecule has 0 aromatic heterocycles. The molecule has 0 amide bonds. The van der Waals surface area contributed by atoms with Crippen molar-refractivity contribution in [1.29, 1.82) is 0 Å². The van der Waals surface area contributed by atoms with Crippen molar-refractivity contribution in [2.75, 3.05) is 14.1 Å². The first-order valence-corrected chi connectivity index (χ1v) is 7.91. The SMILES string of the molecule is CC1=[C-]C2=CC(C)N(C)C2=C1.CC1=[C-]C2=CC(C)N(C)C2=C1.[Cl-].[Cl-].[Zr+2].[Zr+2]. The number of likely N-dealkylation sites (N-methyl/N-ethyl adjacent to an activating group) is 2. The van der Waals surface area contributed by atoms with E-state index in [2.05, 4.69) is 88.0 Å². The van der Waals surface area contributed by atoms with Crippen LogP contribution in [0.3, 0.4) is 0 Å². The van der Waals surface area contributed by atoms with Gasteiger partial charge in [-0.25, -0.2) is 0 Å². The standard InChI is InChI=1S/2C10H12N.2ClH.2Zr/c2*1-7-4-9-6-8(2)11(3)10(9)5-7;;;;/h2*5-6,8H,1-3H3;2*1H;;/q2*-1;;;2*+2/p-2. The van der Waals surface area contributed by atoms with Gasteiger partial charge in [0.15, 0.2) is 0 Å². The molecule has 0 spiro atoms. The molecule has 0 saturated carbocycles. The molecule has 2 aliphatic heterocycles. The molecule has 2 heterocycles. The van der Waals surface area contributed by atoms with Crippen molar-refractivity contribution in [3.8, 4) is 0 Å². The zero-order valence-corrected chi connectivity index (χ0v) is 22.5. The third kappa shape index (κ3) is 5.70. The molecule has 0 N–H and O–H groups in total. The van der Waals surface area contributed by atoms with Gasteiger partial charge in [0.05, 0.1) is 0 Å². The van der Waals surface area contributed by atoms with Crippen LogP contribution in [-0.4, -0.2) is 36.0 Å². The van der Waals surface area contributed by atoms with Gasteiger partial charge < -0.3 is 34.6 Å². The summed E-state index contributed by atoms with van der Waals surface area (Å²) in [6.45, 7) is 8.57. The van der Waals surface area contributed by atoms with E-state index in [1.165, 1.54) is 33.7 Å². The van der Waals surface area contributed by atoms with Crippen LogP contribution in [0.5, 0.6) is 0 Å². The van der Waals surface area contributed by atoms with Crippen LogP contribution in [0.4, 0.5) is 0 Å². The summed E-state index contributed by atoms with van der Waals surface area (Å²) in [5.74, 6) is 0. The number of rotatable bonds is 0. The van der Waals surface area contributed by atoms with E-state index >= 15 is 0 Å². The summed E-state index contributed by atoms with van der Waals surface area (Å²) in [5, 5.41) is 0. The van der Waals surface area contributed by atoms with Crippen LogP contribution in [0, 0.1) is 12.2 Å². The van der Waals surface area contributed by atoms with Crippen molar-refractivity contribution >= 4 is 0 Å². The first-order valence-electron chi connectivity index (χ1n) is 7.91. The minimum absolute atomic E-state index is 0. The van der Waals surface area contributed by atoms with E-state index in [0.717, 1.165) is 0 Å². The Morgan fingerprint density at radius 1 is 0.731 bits per heavy atom. The molecule has 26 heavy (non-hydrogen) atoms. The van der Waals surface area contributed by atoms with Gasteiger partial charge in [0, 0.05) is 12.1 Å². The normalized spacial score (nSPS) is 23.8. The van der Waals surface area contributed by atoms with Crippen molar-refractivity contribution in [2.45, 2.75) is 39.8 Å². The Labute approximate surface area is 209 Å². The molecular weight excluding hydrogens is 522 g/mol. The van der Waals surface area contributed by atoms with E-state index < -0.39 is 0 Å². The van der Waals surface area contributed by atoms with E-state index in [1.807, 2.05) is 0 Å². The molecule has 2 unspecified atom stereocenters. The molecule has 0 aromatic carbocycles. The minimum Gasteiger partial charge on any atom is -1.00 e. The molecule has 0 saturated heterocycles. The van der Waals surface area contributed by atoms with Gasteiger partial charge >= 0.3 is 52.4 Å². The Balaban J connectivity index is 0. The summed E-state index contributed by atoms with van der Waals surface area (Å²) in [6.07, 6.45) is 15.5. The quantitative estimate of drug-likeness (QED) is 0.319. The molecule has 0 radical (unpaired) electrons. The predicted octanol–water partition coefficient (Wildman–Crippen LogP) is -2.21. The zero-order valence-electron chi connectivity index (χ0n) is 16.1. The molecule has 4 aliphatic rings. The Hall–Kier alpha value is 0.386. The number of allylic oxidation sites excluding steroid dienone is 6. The zero-order chi connectivity index (χ0) is 16.0. The van der Waals surface area contributed by atoms with E-state index in [-0.39, 0.29) is 77.2 Å². The Morgan fingerprint density at radius 2 is 1.04 bits per heavy atom. The number of halogens is 2. The van der Waals surface area contributed by atoms with Crippen LogP contribution in [0.25, 0.3) is 0 Å². The van der Waals surface area contributed by atoms with E-state index in [1.54, 1.807) is 0 Å². The van der Waals surface area contributed by atoms with E-state index in [9.17, 15) is 0 Å². The van der Waals surface area contributed by atoms with Gasteiger partial charge in [0.2, 0.25) is 0 Å². The maximum absolute atomic E-state index is 3.32. The summed E-state index contributed by atoms with van der Waals surface area (Å²) in [5.41, 5.74) is 7.69. The minimum atomic E-state index is 0. The largest absolute Gasteiger partial charge is 2.00 e. The maximum Gasteiger partial charge on any atom is 2.00 e. The predicted molar refractivity (Wildman–Crippen MR) is 91.6 cm³/mol. The first-order chi connectivity index (χ1) is 10.4. The van der Waals surface area contributed by atoms with Gasteiger partial charge in [-0.2, -0.15) is 0 Å². The summed E-state index contributed by atoms with van der Waals surface area (Å²) in [7, 11) is 4.25. The fourth-order valence-corrected chi connectivity index (χ4v) is 3.17. The average Bonchev–Trinajstić information content (AvgIpc) is 3.11. The number of fused-ring (bicyclic) bond motifs is 2. The second-order valence-corrected chi connectivity index (χ2v) is 6.54. The van der Waals surface area contributed by atoms with Gasteiger partial charge in [0.1, 0.15) is 0 Å². The van der Waals surface area contributed by atoms with Crippen molar-refractivity contribution in [3.05, 3.63) is 70.1 Å². The van der Waals surface area contributed by atoms with E-state index in [0.29, 0.717) is 12.1 Å². The number of hydrogen-bond donors (Lipinski definition) is 0. The third-order valence-corrected chi connectivity index (χ3v) is 4.72. The summed E-state index contributed by atoms with van der Waals surface area (Å²) in [4.78, 5) is 4.55. The molecule has 4 rings (SSSR count). The molecule has 0 bridgehead atoms. The molecule has 2 aliphatic carbocycles. The topological polar surface area (TPSA) is 6.48 Å². The van der Waals surface area contributed by atoms with E-state index in [4.69, 9.17) is 0 Å². The molecular formula is C20H24Cl2N2Zr2. The second kappa shape index (κ2) is 11.4. The summed E-state index contributed by atoms with van der Waals surface area (Å²) >= 11 is 0. The number of nitrogens with zero attached hydrogens (tertiary/aromatic N) is 2. The Morgan fingerprint density at radius 3 is 1.31 bits per heavy atom. The molecule has 6 heteroatoms. The van der Waals surface area contributed by atoms with Crippen LogP contribution in [0.2, 0.25) is 0 Å². The second-order valence-electron chi connectivity index (χ2n) is 6.54. The fraction of sp³-hybridized carbons (Fsp3) is 0.400. The van der Waals surface area contributed by atoms with Crippen LogP contribution >= 0.6 is 0 Å². The van der Waals surface area contributed by atoms with Crippen molar-refractivity contribution in [2.24, 2.45) is 0 Å². The number of hydrogen-bond acceptors (Lipinski definition) is 2. The Kier molecular flexibility index (Phi) is 12.5. The van der Waals surface area contributed by atoms with Crippen LogP contribution in [-0.2, 0) is 52.4 Å². The fourth-order valence-electron chi connectivity index (χ4n) is 3.17. The summed E-state index contributed by atoms with van der Waals surface area (Å²) in [6, 6.07) is 1.08. The van der Waals surface area contributed by atoms with Gasteiger partial charge in [-0.1, -0.05) is 39.1 Å². The molecule has 2 nitrogen and oxygen atoms in total. The maximum atomic E-state index is 3.32. The smallest absolute Gasteiger partial charge is 1.00 e. The average molecular weight is 546 g/mol. The van der Waals surface area contributed by atoms with Gasteiger partial charge in [0.25, 0.3) is 0 Å². The monoisotopic (exact) mass is 542 g/mol. The van der Waals surface area contributed by atoms with Gasteiger partial charge in [-0.15, -0.1) is 58.7 Å². The molecule has 136 valence electrons. The van der Waals surface area contributed by atoms with Gasteiger partial charge in [-0.3, -0.25) is 0 Å². The van der Waals surface area contributed by atoms with Crippen molar-refractivity contribution in [1.82, 2.24) is 9.80 Å². The van der Waals surface area contributed by atoms with Crippen LogP contribution < -0.4 is 24.8 Å². The Bertz CT molecular complexity index is 643. The molecule has 2 atom stereocenters. The van der Waals surface area contributed by atoms with Crippen LogP contribution in [0.1, 0.15) is 27.7 Å². The van der Waals surface area contributed by atoms with Crippen LogP contribution in [0.15, 0.2) is 58.0 Å². The summed E-state index contributed by atoms with van der Waals surface area (Å²) < 4.78 is 0. The third-order valence-electron chi connectivity index (χ3n) is 4.72. The molecule has 0 fully saturated rings. The van der Waals surface area contributed by atoms with Crippen molar-refractivity contribution in [3.63, 3.8) is 0 Å².